The Balaban J connectivity index is 2.23. The first-order valence-corrected chi connectivity index (χ1v) is 7.25. The molecule has 0 fully saturated rings. The number of carbonyl (C=O) groups is 1. The molecule has 0 N–H and O–H groups in total. The van der Waals surface area contributed by atoms with Gasteiger partial charge in [0.1, 0.15) is 5.75 Å². The molecule has 0 saturated heterocycles. The number of ketones is 1. The van der Waals surface area contributed by atoms with E-state index in [-0.39, 0.29) is 12.2 Å². The number of halogens is 2. The molecule has 1 aromatic carbocycles. The molecule has 2 aromatic rings. The van der Waals surface area contributed by atoms with Crippen molar-refractivity contribution in [1.29, 1.82) is 0 Å². The van der Waals surface area contributed by atoms with Crippen LogP contribution in [-0.4, -0.2) is 12.9 Å². The van der Waals surface area contributed by atoms with E-state index in [1.807, 2.05) is 11.4 Å². The first kappa shape index (κ1) is 13.6. The van der Waals surface area contributed by atoms with Crippen LogP contribution in [-0.2, 0) is 6.42 Å². The third-order valence-corrected chi connectivity index (χ3v) is 4.22. The number of hydrogen-bond acceptors (Lipinski definition) is 3. The van der Waals surface area contributed by atoms with Crippen LogP contribution in [0.3, 0.4) is 0 Å². The topological polar surface area (TPSA) is 26.3 Å². The van der Waals surface area contributed by atoms with Gasteiger partial charge in [-0.05, 0) is 40.2 Å². The molecule has 2 rings (SSSR count). The molecule has 18 heavy (non-hydrogen) atoms. The van der Waals surface area contributed by atoms with Crippen molar-refractivity contribution >= 4 is 44.7 Å². The summed E-state index contributed by atoms with van der Waals surface area (Å²) in [7, 11) is 1.58. The molecule has 0 amide bonds. The molecule has 0 aliphatic rings. The van der Waals surface area contributed by atoms with Crippen molar-refractivity contribution in [3.63, 3.8) is 0 Å². The van der Waals surface area contributed by atoms with Crippen LogP contribution >= 0.6 is 38.9 Å². The van der Waals surface area contributed by atoms with E-state index in [2.05, 4.69) is 15.9 Å². The molecule has 0 saturated carbocycles. The van der Waals surface area contributed by atoms with Crippen molar-refractivity contribution in [1.82, 2.24) is 0 Å². The van der Waals surface area contributed by atoms with Crippen LogP contribution in [0.5, 0.6) is 5.75 Å². The molecule has 0 aliphatic carbocycles. The summed E-state index contributed by atoms with van der Waals surface area (Å²) in [6.07, 6.45) is 0.285. The van der Waals surface area contributed by atoms with Crippen molar-refractivity contribution in [2.24, 2.45) is 0 Å². The Morgan fingerprint density at radius 2 is 2.22 bits per heavy atom. The second-order valence-corrected chi connectivity index (χ2v) is 6.42. The highest BCUT2D eigenvalue weighted by molar-refractivity contribution is 9.11. The number of carbonyl (C=O) groups excluding carboxylic acids is 1. The lowest BCUT2D eigenvalue weighted by Crippen LogP contribution is -2.03. The fourth-order valence-corrected chi connectivity index (χ4v) is 2.97. The maximum absolute atomic E-state index is 12.1. The SMILES string of the molecule is COc1ccc(Cl)cc1CC(=O)c1csc(Br)c1. The summed E-state index contributed by atoms with van der Waals surface area (Å²) in [5.74, 6) is 0.736. The molecule has 0 spiro atoms. The summed E-state index contributed by atoms with van der Waals surface area (Å²) in [5.41, 5.74) is 1.51. The standard InChI is InChI=1S/C13H10BrClO2S/c1-17-12-3-2-10(15)4-8(12)5-11(16)9-6-13(14)18-7-9/h2-4,6-7H,5H2,1H3. The van der Waals surface area contributed by atoms with Gasteiger partial charge in [0.25, 0.3) is 0 Å². The number of Topliss-reactive ketones (excluding diaryl/α,β-unsaturated/α-hetero) is 1. The van der Waals surface area contributed by atoms with Gasteiger partial charge in [-0.1, -0.05) is 11.6 Å². The normalized spacial score (nSPS) is 10.4. The number of rotatable bonds is 4. The van der Waals surface area contributed by atoms with E-state index in [0.717, 1.165) is 9.35 Å². The van der Waals surface area contributed by atoms with E-state index in [1.165, 1.54) is 11.3 Å². The average molecular weight is 346 g/mol. The third kappa shape index (κ3) is 3.13. The lowest BCUT2D eigenvalue weighted by molar-refractivity contribution is 0.0992. The Hall–Kier alpha value is -0.840. The Labute approximate surface area is 123 Å². The van der Waals surface area contributed by atoms with E-state index in [0.29, 0.717) is 16.3 Å². The van der Waals surface area contributed by atoms with E-state index >= 15 is 0 Å². The minimum atomic E-state index is 0.0533. The molecule has 1 aromatic heterocycles. The van der Waals surface area contributed by atoms with Gasteiger partial charge in [-0.15, -0.1) is 11.3 Å². The fraction of sp³-hybridized carbons (Fsp3) is 0.154. The monoisotopic (exact) mass is 344 g/mol. The van der Waals surface area contributed by atoms with E-state index in [1.54, 1.807) is 25.3 Å². The highest BCUT2D eigenvalue weighted by Gasteiger charge is 2.12. The van der Waals surface area contributed by atoms with Crippen molar-refractivity contribution in [2.75, 3.05) is 7.11 Å². The zero-order valence-electron chi connectivity index (χ0n) is 9.57. The van der Waals surface area contributed by atoms with Crippen LogP contribution < -0.4 is 4.74 Å². The first-order chi connectivity index (χ1) is 8.60. The Morgan fingerprint density at radius 3 is 2.83 bits per heavy atom. The molecule has 1 heterocycles. The highest BCUT2D eigenvalue weighted by Crippen LogP contribution is 2.26. The predicted molar refractivity (Wildman–Crippen MR) is 78.1 cm³/mol. The van der Waals surface area contributed by atoms with Gasteiger partial charge >= 0.3 is 0 Å². The van der Waals surface area contributed by atoms with Crippen LogP contribution in [0.4, 0.5) is 0 Å². The molecule has 0 unspecified atom stereocenters. The molecule has 2 nitrogen and oxygen atoms in total. The molecule has 5 heteroatoms. The van der Waals surface area contributed by atoms with E-state index in [9.17, 15) is 4.79 Å². The van der Waals surface area contributed by atoms with Crippen LogP contribution in [0.2, 0.25) is 5.02 Å². The van der Waals surface area contributed by atoms with Crippen LogP contribution in [0.15, 0.2) is 33.4 Å². The molecule has 0 atom stereocenters. The van der Waals surface area contributed by atoms with Gasteiger partial charge in [-0.2, -0.15) is 0 Å². The fourth-order valence-electron chi connectivity index (χ4n) is 1.62. The van der Waals surface area contributed by atoms with E-state index < -0.39 is 0 Å². The van der Waals surface area contributed by atoms with Crippen molar-refractivity contribution < 1.29 is 9.53 Å². The zero-order valence-corrected chi connectivity index (χ0v) is 12.7. The predicted octanol–water partition coefficient (Wildman–Crippen LogP) is 4.60. The molecule has 94 valence electrons. The number of ether oxygens (including phenoxy) is 1. The maximum atomic E-state index is 12.1. The summed E-state index contributed by atoms with van der Waals surface area (Å²) >= 11 is 10.8. The van der Waals surface area contributed by atoms with Gasteiger partial charge in [0.15, 0.2) is 5.78 Å². The first-order valence-electron chi connectivity index (χ1n) is 5.20. The highest BCUT2D eigenvalue weighted by atomic mass is 79.9. The minimum absolute atomic E-state index is 0.0533. The quantitative estimate of drug-likeness (QED) is 0.757. The summed E-state index contributed by atoms with van der Waals surface area (Å²) in [5, 5.41) is 2.44. The number of hydrogen-bond donors (Lipinski definition) is 0. The third-order valence-electron chi connectivity index (χ3n) is 2.48. The van der Waals surface area contributed by atoms with Crippen molar-refractivity contribution in [3.8, 4) is 5.75 Å². The largest absolute Gasteiger partial charge is 0.496 e. The smallest absolute Gasteiger partial charge is 0.168 e. The van der Waals surface area contributed by atoms with Gasteiger partial charge < -0.3 is 4.74 Å². The minimum Gasteiger partial charge on any atom is -0.496 e. The average Bonchev–Trinajstić information content (AvgIpc) is 2.76. The van der Waals surface area contributed by atoms with Crippen molar-refractivity contribution in [3.05, 3.63) is 49.6 Å². The van der Waals surface area contributed by atoms with Gasteiger partial charge in [-0.3, -0.25) is 4.79 Å². The second kappa shape index (κ2) is 5.87. The summed E-state index contributed by atoms with van der Waals surface area (Å²) in [6, 6.07) is 7.10. The maximum Gasteiger partial charge on any atom is 0.168 e. The Bertz CT molecular complexity index is 580. The summed E-state index contributed by atoms with van der Waals surface area (Å²) in [6.45, 7) is 0. The lowest BCUT2D eigenvalue weighted by atomic mass is 10.0. The Morgan fingerprint density at radius 1 is 1.44 bits per heavy atom. The molecular formula is C13H10BrClO2S. The number of methoxy groups -OCH3 is 1. The lowest BCUT2D eigenvalue weighted by Gasteiger charge is -2.07. The number of thiophene rings is 1. The van der Waals surface area contributed by atoms with Gasteiger partial charge in [0, 0.05) is 28.0 Å². The van der Waals surface area contributed by atoms with Gasteiger partial charge in [-0.25, -0.2) is 0 Å². The van der Waals surface area contributed by atoms with Gasteiger partial charge in [0.2, 0.25) is 0 Å². The van der Waals surface area contributed by atoms with Crippen LogP contribution in [0.1, 0.15) is 15.9 Å². The van der Waals surface area contributed by atoms with Crippen LogP contribution in [0.25, 0.3) is 0 Å². The van der Waals surface area contributed by atoms with E-state index in [4.69, 9.17) is 16.3 Å². The molecular weight excluding hydrogens is 336 g/mol. The second-order valence-electron chi connectivity index (χ2n) is 3.70. The molecule has 0 radical (unpaired) electrons. The molecule has 0 bridgehead atoms. The Kier molecular flexibility index (Phi) is 4.43. The van der Waals surface area contributed by atoms with Crippen LogP contribution in [0, 0.1) is 0 Å². The van der Waals surface area contributed by atoms with Crippen molar-refractivity contribution in [2.45, 2.75) is 6.42 Å². The van der Waals surface area contributed by atoms with Gasteiger partial charge in [0.05, 0.1) is 10.9 Å². The number of benzene rings is 1. The molecule has 0 aliphatic heterocycles. The summed E-state index contributed by atoms with van der Waals surface area (Å²) in [4.78, 5) is 12.1. The zero-order chi connectivity index (χ0) is 13.1. The summed E-state index contributed by atoms with van der Waals surface area (Å²) < 4.78 is 6.17.